The third-order valence-corrected chi connectivity index (χ3v) is 6.00. The molecule has 1 aromatic carbocycles. The maximum absolute atomic E-state index is 13.1. The molecule has 7 heteroatoms. The van der Waals surface area contributed by atoms with Crippen molar-refractivity contribution in [2.24, 2.45) is 0 Å². The number of nitrogens with one attached hydrogen (secondary N) is 1. The number of carbonyl (C=O) groups excluding carboxylic acids is 1. The highest BCUT2D eigenvalue weighted by Crippen LogP contribution is 2.18. The van der Waals surface area contributed by atoms with E-state index in [2.05, 4.69) is 15.1 Å². The smallest absolute Gasteiger partial charge is 0.237 e. The fraction of sp³-hybridized carbons (Fsp3) is 0.682. The molecule has 2 fully saturated rings. The lowest BCUT2D eigenvalue weighted by Crippen LogP contribution is -2.49. The van der Waals surface area contributed by atoms with Crippen LogP contribution in [0.3, 0.4) is 0 Å². The van der Waals surface area contributed by atoms with Crippen LogP contribution in [0.4, 0.5) is 4.39 Å². The number of hydrogen-bond donors (Lipinski definition) is 1. The summed E-state index contributed by atoms with van der Waals surface area (Å²) in [6.45, 7) is 10.9. The number of amides is 1. The fourth-order valence-corrected chi connectivity index (χ4v) is 3.94. The summed E-state index contributed by atoms with van der Waals surface area (Å²) in [5.74, 6) is -0.260. The van der Waals surface area contributed by atoms with Gasteiger partial charge in [-0.05, 0) is 44.4 Å². The Hall–Kier alpha value is -1.54. The molecule has 0 bridgehead atoms. The number of benzene rings is 1. The molecule has 0 unspecified atom stereocenters. The van der Waals surface area contributed by atoms with E-state index >= 15 is 0 Å². The van der Waals surface area contributed by atoms with Crippen molar-refractivity contribution in [3.8, 4) is 0 Å². The minimum absolute atomic E-state index is 0.00788. The van der Waals surface area contributed by atoms with Crippen LogP contribution < -0.4 is 5.32 Å². The van der Waals surface area contributed by atoms with E-state index in [0.717, 1.165) is 70.9 Å². The van der Waals surface area contributed by atoms with Crippen molar-refractivity contribution in [2.75, 3.05) is 52.5 Å². The first-order chi connectivity index (χ1) is 14.0. The van der Waals surface area contributed by atoms with E-state index in [1.807, 2.05) is 13.8 Å². The highest BCUT2D eigenvalue weighted by molar-refractivity contribution is 5.81. The maximum Gasteiger partial charge on any atom is 0.237 e. The van der Waals surface area contributed by atoms with Crippen LogP contribution in [0.25, 0.3) is 0 Å². The van der Waals surface area contributed by atoms with Gasteiger partial charge in [-0.2, -0.15) is 0 Å². The number of rotatable bonds is 8. The van der Waals surface area contributed by atoms with E-state index in [9.17, 15) is 9.18 Å². The Morgan fingerprint density at radius 1 is 1.17 bits per heavy atom. The lowest BCUT2D eigenvalue weighted by Gasteiger charge is -2.36. The van der Waals surface area contributed by atoms with Gasteiger partial charge in [0.2, 0.25) is 5.91 Å². The van der Waals surface area contributed by atoms with Gasteiger partial charge in [-0.25, -0.2) is 4.39 Å². The van der Waals surface area contributed by atoms with Gasteiger partial charge in [0.1, 0.15) is 5.82 Å². The zero-order chi connectivity index (χ0) is 20.6. The summed E-state index contributed by atoms with van der Waals surface area (Å²) in [6, 6.07) is 5.94. The molecule has 2 aliphatic heterocycles. The highest BCUT2D eigenvalue weighted by atomic mass is 19.1. The Labute approximate surface area is 173 Å². The summed E-state index contributed by atoms with van der Waals surface area (Å²) in [4.78, 5) is 17.2. The van der Waals surface area contributed by atoms with E-state index < -0.39 is 0 Å². The average molecular weight is 408 g/mol. The average Bonchev–Trinajstić information content (AvgIpc) is 2.75. The van der Waals surface area contributed by atoms with Crippen LogP contribution in [0.15, 0.2) is 24.3 Å². The van der Waals surface area contributed by atoms with Crippen LogP contribution >= 0.6 is 0 Å². The van der Waals surface area contributed by atoms with Crippen LogP contribution in [0, 0.1) is 5.82 Å². The summed E-state index contributed by atoms with van der Waals surface area (Å²) >= 11 is 0. The van der Waals surface area contributed by atoms with Crippen LogP contribution in [0.1, 0.15) is 38.3 Å². The summed E-state index contributed by atoms with van der Waals surface area (Å²) in [6.07, 6.45) is 2.18. The van der Waals surface area contributed by atoms with Gasteiger partial charge >= 0.3 is 0 Å². The van der Waals surface area contributed by atoms with Crippen LogP contribution in [-0.4, -0.2) is 80.4 Å². The lowest BCUT2D eigenvalue weighted by atomic mass is 10.0. The first-order valence-corrected chi connectivity index (χ1v) is 10.7. The molecule has 0 saturated carbocycles. The van der Waals surface area contributed by atoms with Crippen LogP contribution in [0.5, 0.6) is 0 Å². The van der Waals surface area contributed by atoms with Gasteiger partial charge in [0.05, 0.1) is 38.0 Å². The molecule has 0 radical (unpaired) electrons. The molecule has 1 amide bonds. The van der Waals surface area contributed by atoms with Gasteiger partial charge in [0, 0.05) is 32.7 Å². The number of morpholine rings is 1. The number of ether oxygens (including phenoxy) is 2. The first-order valence-electron chi connectivity index (χ1n) is 10.7. The summed E-state index contributed by atoms with van der Waals surface area (Å²) < 4.78 is 24.5. The lowest BCUT2D eigenvalue weighted by molar-refractivity contribution is -0.127. The minimum atomic E-state index is -0.268. The molecule has 0 spiro atoms. The van der Waals surface area contributed by atoms with Crippen LogP contribution in [0.2, 0.25) is 0 Å². The van der Waals surface area contributed by atoms with E-state index in [1.165, 1.54) is 12.1 Å². The molecule has 2 aliphatic rings. The summed E-state index contributed by atoms with van der Waals surface area (Å²) in [5.41, 5.74) is 0.902. The molecule has 2 heterocycles. The topological polar surface area (TPSA) is 54.0 Å². The number of likely N-dealkylation sites (tertiary alicyclic amines) is 1. The van der Waals surface area contributed by atoms with Crippen molar-refractivity contribution in [3.05, 3.63) is 35.6 Å². The molecular weight excluding hydrogens is 373 g/mol. The monoisotopic (exact) mass is 407 g/mol. The second-order valence-corrected chi connectivity index (χ2v) is 8.02. The SMILES string of the molecule is C[C@H](C(=O)N[C@H](C)c1ccc(F)cc1)N1CCC(OCCN2CCOCC2)CC1. The van der Waals surface area contributed by atoms with Crippen molar-refractivity contribution < 1.29 is 18.7 Å². The fourth-order valence-electron chi connectivity index (χ4n) is 3.94. The number of carbonyl (C=O) groups is 1. The van der Waals surface area contributed by atoms with E-state index in [0.29, 0.717) is 0 Å². The second-order valence-electron chi connectivity index (χ2n) is 8.02. The van der Waals surface area contributed by atoms with Crippen molar-refractivity contribution >= 4 is 5.91 Å². The number of nitrogens with zero attached hydrogens (tertiary/aromatic N) is 2. The minimum Gasteiger partial charge on any atom is -0.379 e. The van der Waals surface area contributed by atoms with Gasteiger partial charge in [0.25, 0.3) is 0 Å². The molecule has 2 saturated heterocycles. The number of piperidine rings is 1. The molecule has 3 rings (SSSR count). The third-order valence-electron chi connectivity index (χ3n) is 6.00. The summed E-state index contributed by atoms with van der Waals surface area (Å²) in [5, 5.41) is 3.04. The van der Waals surface area contributed by atoms with Gasteiger partial charge in [-0.15, -0.1) is 0 Å². The first kappa shape index (κ1) is 22.2. The van der Waals surface area contributed by atoms with Crippen LogP contribution in [-0.2, 0) is 14.3 Å². The van der Waals surface area contributed by atoms with Gasteiger partial charge in [-0.3, -0.25) is 14.6 Å². The normalized spacial score (nSPS) is 21.6. The number of halogens is 1. The predicted octanol–water partition coefficient (Wildman–Crippen LogP) is 2.20. The molecule has 162 valence electrons. The molecular formula is C22H34FN3O3. The van der Waals surface area contributed by atoms with E-state index in [4.69, 9.17) is 9.47 Å². The van der Waals surface area contributed by atoms with E-state index in [1.54, 1.807) is 12.1 Å². The van der Waals surface area contributed by atoms with Crippen molar-refractivity contribution in [1.29, 1.82) is 0 Å². The molecule has 1 N–H and O–H groups in total. The second kappa shape index (κ2) is 11.0. The Morgan fingerprint density at radius 3 is 2.48 bits per heavy atom. The Morgan fingerprint density at radius 2 is 1.83 bits per heavy atom. The van der Waals surface area contributed by atoms with Crippen molar-refractivity contribution in [2.45, 2.75) is 44.9 Å². The highest BCUT2D eigenvalue weighted by Gasteiger charge is 2.27. The Bertz CT molecular complexity index is 629. The molecule has 1 aromatic rings. The summed E-state index contributed by atoms with van der Waals surface area (Å²) in [7, 11) is 0. The van der Waals surface area contributed by atoms with Gasteiger partial charge < -0.3 is 14.8 Å². The number of hydrogen-bond acceptors (Lipinski definition) is 5. The standard InChI is InChI=1S/C22H34FN3O3/c1-17(19-3-5-20(23)6-4-19)24-22(27)18(2)26-9-7-21(8-10-26)29-16-13-25-11-14-28-15-12-25/h3-6,17-18,21H,7-16H2,1-2H3,(H,24,27)/t17-,18-/m1/s1. The van der Waals surface area contributed by atoms with Crippen molar-refractivity contribution in [1.82, 2.24) is 15.1 Å². The largest absolute Gasteiger partial charge is 0.379 e. The van der Waals surface area contributed by atoms with Gasteiger partial charge in [0.15, 0.2) is 0 Å². The molecule has 29 heavy (non-hydrogen) atoms. The quantitative estimate of drug-likeness (QED) is 0.716. The molecule has 0 aliphatic carbocycles. The third kappa shape index (κ3) is 6.74. The molecule has 2 atom stereocenters. The van der Waals surface area contributed by atoms with E-state index in [-0.39, 0.29) is 29.9 Å². The zero-order valence-corrected chi connectivity index (χ0v) is 17.6. The Balaban J connectivity index is 1.35. The zero-order valence-electron chi connectivity index (χ0n) is 17.6. The van der Waals surface area contributed by atoms with Gasteiger partial charge in [-0.1, -0.05) is 12.1 Å². The maximum atomic E-state index is 13.1. The Kier molecular flexibility index (Phi) is 8.41. The molecule has 0 aromatic heterocycles. The predicted molar refractivity (Wildman–Crippen MR) is 110 cm³/mol. The molecule has 6 nitrogen and oxygen atoms in total. The van der Waals surface area contributed by atoms with Crippen molar-refractivity contribution in [3.63, 3.8) is 0 Å².